The summed E-state index contributed by atoms with van der Waals surface area (Å²) in [5.41, 5.74) is 0.950. The molecule has 0 unspecified atom stereocenters. The van der Waals surface area contributed by atoms with E-state index in [4.69, 9.17) is 4.42 Å². The van der Waals surface area contributed by atoms with Crippen LogP contribution in [0.5, 0.6) is 0 Å². The molecule has 3 nitrogen and oxygen atoms in total. The van der Waals surface area contributed by atoms with Gasteiger partial charge in [0.25, 0.3) is 0 Å². The maximum atomic E-state index is 12.7. The number of aryl methyl sites for hydroxylation is 1. The van der Waals surface area contributed by atoms with Crippen LogP contribution in [0, 0.1) is 6.92 Å². The van der Waals surface area contributed by atoms with Crippen molar-refractivity contribution >= 4 is 0 Å². The van der Waals surface area contributed by atoms with Crippen molar-refractivity contribution in [3.63, 3.8) is 0 Å². The van der Waals surface area contributed by atoms with Crippen LogP contribution < -0.4 is 0 Å². The number of furan rings is 1. The van der Waals surface area contributed by atoms with Crippen LogP contribution in [0.3, 0.4) is 0 Å². The maximum Gasteiger partial charge on any atom is 0.435 e. The van der Waals surface area contributed by atoms with E-state index < -0.39 is 11.9 Å². The molecule has 1 aromatic carbocycles. The van der Waals surface area contributed by atoms with Crippen LogP contribution >= 0.6 is 0 Å². The van der Waals surface area contributed by atoms with E-state index in [1.807, 2.05) is 6.07 Å². The number of hydrogen-bond acceptors (Lipinski definition) is 2. The average Bonchev–Trinajstić information content (AvgIpc) is 3.07. The molecule has 0 aliphatic heterocycles. The van der Waals surface area contributed by atoms with Gasteiger partial charge in [0.15, 0.2) is 5.69 Å². The van der Waals surface area contributed by atoms with Crippen molar-refractivity contribution in [2.75, 3.05) is 0 Å². The van der Waals surface area contributed by atoms with Crippen LogP contribution in [0.2, 0.25) is 0 Å². The van der Waals surface area contributed by atoms with E-state index in [2.05, 4.69) is 5.10 Å². The Labute approximate surface area is 118 Å². The smallest absolute Gasteiger partial charge is 0.435 e. The maximum absolute atomic E-state index is 12.7. The van der Waals surface area contributed by atoms with Crippen molar-refractivity contribution in [1.82, 2.24) is 9.78 Å². The molecule has 0 saturated carbocycles. The lowest BCUT2D eigenvalue weighted by Crippen LogP contribution is -2.07. The highest BCUT2D eigenvalue weighted by Gasteiger charge is 2.34. The number of halogens is 3. The van der Waals surface area contributed by atoms with Gasteiger partial charge in [0.2, 0.25) is 0 Å². The van der Waals surface area contributed by atoms with E-state index in [0.29, 0.717) is 17.1 Å². The summed E-state index contributed by atoms with van der Waals surface area (Å²) in [4.78, 5) is 0. The highest BCUT2D eigenvalue weighted by molar-refractivity contribution is 5.59. The van der Waals surface area contributed by atoms with Gasteiger partial charge in [-0.1, -0.05) is 0 Å². The minimum Gasteiger partial charge on any atom is -0.464 e. The minimum atomic E-state index is -4.44. The van der Waals surface area contributed by atoms with E-state index in [9.17, 15) is 13.2 Å². The monoisotopic (exact) mass is 292 g/mol. The van der Waals surface area contributed by atoms with E-state index in [1.54, 1.807) is 43.5 Å². The number of aromatic nitrogens is 2. The van der Waals surface area contributed by atoms with Gasteiger partial charge in [-0.05, 0) is 49.4 Å². The first-order valence-electron chi connectivity index (χ1n) is 6.23. The van der Waals surface area contributed by atoms with Crippen molar-refractivity contribution in [2.45, 2.75) is 13.1 Å². The second kappa shape index (κ2) is 4.80. The summed E-state index contributed by atoms with van der Waals surface area (Å²) >= 11 is 0. The summed E-state index contributed by atoms with van der Waals surface area (Å²) in [6.07, 6.45) is -2.87. The lowest BCUT2D eigenvalue weighted by atomic mass is 10.1. The fourth-order valence-electron chi connectivity index (χ4n) is 2.08. The zero-order chi connectivity index (χ0) is 15.0. The number of rotatable bonds is 2. The zero-order valence-electron chi connectivity index (χ0n) is 11.1. The lowest BCUT2D eigenvalue weighted by molar-refractivity contribution is -0.141. The second-order valence-electron chi connectivity index (χ2n) is 4.60. The summed E-state index contributed by atoms with van der Waals surface area (Å²) in [6.45, 7) is 1.59. The Balaban J connectivity index is 1.96. The molecule has 0 fully saturated rings. The predicted molar refractivity (Wildman–Crippen MR) is 71.0 cm³/mol. The first-order chi connectivity index (χ1) is 9.95. The summed E-state index contributed by atoms with van der Waals surface area (Å²) in [5, 5.41) is 3.61. The van der Waals surface area contributed by atoms with Gasteiger partial charge >= 0.3 is 6.18 Å². The van der Waals surface area contributed by atoms with Crippen LogP contribution in [0.25, 0.3) is 17.0 Å². The van der Waals surface area contributed by atoms with Crippen LogP contribution in [0.1, 0.15) is 11.4 Å². The molecule has 6 heteroatoms. The Morgan fingerprint density at radius 1 is 1.10 bits per heavy atom. The van der Waals surface area contributed by atoms with Crippen LogP contribution in [0.15, 0.2) is 53.1 Å². The highest BCUT2D eigenvalue weighted by atomic mass is 19.4. The molecule has 3 aromatic rings. The Morgan fingerprint density at radius 3 is 2.33 bits per heavy atom. The molecule has 0 radical (unpaired) electrons. The third kappa shape index (κ3) is 2.56. The molecule has 0 saturated heterocycles. The molecule has 0 bridgehead atoms. The quantitative estimate of drug-likeness (QED) is 0.698. The van der Waals surface area contributed by atoms with Crippen LogP contribution in [-0.2, 0) is 6.18 Å². The molecule has 2 heterocycles. The van der Waals surface area contributed by atoms with Gasteiger partial charge < -0.3 is 4.42 Å². The molecule has 108 valence electrons. The van der Waals surface area contributed by atoms with Gasteiger partial charge in [-0.2, -0.15) is 18.3 Å². The second-order valence-corrected chi connectivity index (χ2v) is 4.60. The molecular formula is C15H11F3N2O. The first-order valence-corrected chi connectivity index (χ1v) is 6.23. The molecule has 0 aliphatic carbocycles. The Hall–Kier alpha value is -2.50. The van der Waals surface area contributed by atoms with Crippen molar-refractivity contribution in [1.29, 1.82) is 0 Å². The predicted octanol–water partition coefficient (Wildman–Crippen LogP) is 4.46. The van der Waals surface area contributed by atoms with Crippen molar-refractivity contribution in [3.05, 3.63) is 60.1 Å². The van der Waals surface area contributed by atoms with Gasteiger partial charge in [-0.25, -0.2) is 4.68 Å². The molecule has 0 amide bonds. The van der Waals surface area contributed by atoms with E-state index in [1.165, 1.54) is 4.68 Å². The molecule has 0 N–H and O–H groups in total. The molecular weight excluding hydrogens is 281 g/mol. The SMILES string of the molecule is Cc1cc(C(F)(F)F)nn1-c1ccc(-c2ccco2)cc1. The van der Waals surface area contributed by atoms with Crippen LogP contribution in [0.4, 0.5) is 13.2 Å². The number of alkyl halides is 3. The van der Waals surface area contributed by atoms with Gasteiger partial charge in [-0.15, -0.1) is 0 Å². The van der Waals surface area contributed by atoms with Gasteiger partial charge in [0, 0.05) is 11.3 Å². The standard InChI is InChI=1S/C15H11F3N2O/c1-10-9-14(15(16,17)18)19-20(10)12-6-4-11(5-7-12)13-3-2-8-21-13/h2-9H,1H3. The Bertz CT molecular complexity index is 740. The summed E-state index contributed by atoms with van der Waals surface area (Å²) < 4.78 is 44.5. The highest BCUT2D eigenvalue weighted by Crippen LogP contribution is 2.29. The van der Waals surface area contributed by atoms with E-state index >= 15 is 0 Å². The van der Waals surface area contributed by atoms with Crippen LogP contribution in [-0.4, -0.2) is 9.78 Å². The topological polar surface area (TPSA) is 31.0 Å². The normalized spacial score (nSPS) is 11.8. The number of nitrogens with zero attached hydrogens (tertiary/aromatic N) is 2. The fourth-order valence-corrected chi connectivity index (χ4v) is 2.08. The third-order valence-corrected chi connectivity index (χ3v) is 3.10. The molecule has 0 spiro atoms. The molecule has 2 aromatic heterocycles. The van der Waals surface area contributed by atoms with E-state index in [-0.39, 0.29) is 0 Å². The molecule has 0 aliphatic rings. The average molecular weight is 292 g/mol. The summed E-state index contributed by atoms with van der Waals surface area (Å²) in [6, 6.07) is 11.6. The molecule has 21 heavy (non-hydrogen) atoms. The van der Waals surface area contributed by atoms with Gasteiger partial charge in [0.05, 0.1) is 12.0 Å². The Kier molecular flexibility index (Phi) is 3.08. The van der Waals surface area contributed by atoms with Crippen molar-refractivity contribution < 1.29 is 17.6 Å². The minimum absolute atomic E-state index is 0.424. The van der Waals surface area contributed by atoms with E-state index in [0.717, 1.165) is 11.6 Å². The van der Waals surface area contributed by atoms with Crippen molar-refractivity contribution in [2.24, 2.45) is 0 Å². The Morgan fingerprint density at radius 2 is 1.81 bits per heavy atom. The van der Waals surface area contributed by atoms with Crippen molar-refractivity contribution in [3.8, 4) is 17.0 Å². The molecule has 0 atom stereocenters. The summed E-state index contributed by atoms with van der Waals surface area (Å²) in [5.74, 6) is 0.703. The van der Waals surface area contributed by atoms with Gasteiger partial charge in [-0.3, -0.25) is 0 Å². The van der Waals surface area contributed by atoms with Gasteiger partial charge in [0.1, 0.15) is 5.76 Å². The summed E-state index contributed by atoms with van der Waals surface area (Å²) in [7, 11) is 0. The molecule has 3 rings (SSSR count). The number of benzene rings is 1. The number of hydrogen-bond donors (Lipinski definition) is 0. The largest absolute Gasteiger partial charge is 0.464 e. The zero-order valence-corrected chi connectivity index (χ0v) is 11.1. The first kappa shape index (κ1) is 13.5. The fraction of sp³-hybridized carbons (Fsp3) is 0.133. The third-order valence-electron chi connectivity index (χ3n) is 3.10. The lowest BCUT2D eigenvalue weighted by Gasteiger charge is -2.05.